The molecule has 27 heavy (non-hydrogen) atoms. The number of anilines is 1. The summed E-state index contributed by atoms with van der Waals surface area (Å²) in [6, 6.07) is 21.7. The van der Waals surface area contributed by atoms with Crippen molar-refractivity contribution in [1.82, 2.24) is 4.98 Å². The summed E-state index contributed by atoms with van der Waals surface area (Å²) in [7, 11) is 1.63. The van der Waals surface area contributed by atoms with E-state index in [1.54, 1.807) is 7.11 Å². The summed E-state index contributed by atoms with van der Waals surface area (Å²) in [5, 5.41) is 15.7. The summed E-state index contributed by atoms with van der Waals surface area (Å²) in [5.41, 5.74) is 2.94. The molecule has 4 rings (SSSR count). The predicted molar refractivity (Wildman–Crippen MR) is 109 cm³/mol. The van der Waals surface area contributed by atoms with Crippen LogP contribution in [-0.2, 0) is 0 Å². The average molecular weight is 362 g/mol. The van der Waals surface area contributed by atoms with Crippen LogP contribution in [0.1, 0.15) is 0 Å². The lowest BCUT2D eigenvalue weighted by molar-refractivity contribution is 0.118. The highest BCUT2D eigenvalue weighted by Gasteiger charge is 2.12. The second kappa shape index (κ2) is 7.60. The maximum Gasteiger partial charge on any atom is 0.141 e. The Morgan fingerprint density at radius 3 is 2.56 bits per heavy atom. The summed E-state index contributed by atoms with van der Waals surface area (Å²) in [6.07, 6.45) is -0.657. The summed E-state index contributed by atoms with van der Waals surface area (Å²) in [5.74, 6) is 1.51. The average Bonchev–Trinajstić information content (AvgIpc) is 3.10. The van der Waals surface area contributed by atoms with Gasteiger partial charge in [-0.25, -0.2) is 0 Å². The number of nitrogens with one attached hydrogen (secondary N) is 2. The standard InChI is InChI=1S/C22H22N2O3/c1-26-20-11-5-4-9-18(20)23-13-15(25)14-27-21-12-6-10-19-22(21)16-7-2-3-8-17(16)24-19/h2-12,15,23-25H,13-14H2,1H3. The van der Waals surface area contributed by atoms with Gasteiger partial charge in [0.05, 0.1) is 18.3 Å². The number of aromatic amines is 1. The van der Waals surface area contributed by atoms with Crippen LogP contribution in [-0.4, -0.2) is 36.5 Å². The number of aliphatic hydroxyl groups excluding tert-OH is 1. The Morgan fingerprint density at radius 2 is 1.67 bits per heavy atom. The van der Waals surface area contributed by atoms with Gasteiger partial charge in [-0.15, -0.1) is 0 Å². The van der Waals surface area contributed by atoms with Gasteiger partial charge < -0.3 is 24.9 Å². The summed E-state index contributed by atoms with van der Waals surface area (Å²) in [6.45, 7) is 0.561. The van der Waals surface area contributed by atoms with Gasteiger partial charge in [-0.05, 0) is 30.3 Å². The first-order chi connectivity index (χ1) is 13.3. The number of aliphatic hydroxyl groups is 1. The van der Waals surface area contributed by atoms with Crippen molar-refractivity contribution in [1.29, 1.82) is 0 Å². The van der Waals surface area contributed by atoms with E-state index >= 15 is 0 Å². The molecule has 1 unspecified atom stereocenters. The van der Waals surface area contributed by atoms with Crippen molar-refractivity contribution >= 4 is 27.5 Å². The summed E-state index contributed by atoms with van der Waals surface area (Å²) >= 11 is 0. The van der Waals surface area contributed by atoms with E-state index in [0.29, 0.717) is 6.54 Å². The number of benzene rings is 3. The van der Waals surface area contributed by atoms with Crippen LogP contribution in [0, 0.1) is 0 Å². The quantitative estimate of drug-likeness (QED) is 0.461. The zero-order valence-corrected chi connectivity index (χ0v) is 15.1. The van der Waals surface area contributed by atoms with Gasteiger partial charge in [0.15, 0.2) is 0 Å². The van der Waals surface area contributed by atoms with Gasteiger partial charge >= 0.3 is 0 Å². The number of hydrogen-bond acceptors (Lipinski definition) is 4. The molecule has 0 aliphatic rings. The number of hydrogen-bond donors (Lipinski definition) is 3. The number of para-hydroxylation sites is 3. The number of rotatable bonds is 7. The Kier molecular flexibility index (Phi) is 4.85. The highest BCUT2D eigenvalue weighted by Crippen LogP contribution is 2.33. The van der Waals surface area contributed by atoms with Crippen LogP contribution < -0.4 is 14.8 Å². The maximum atomic E-state index is 10.3. The minimum Gasteiger partial charge on any atom is -0.495 e. The number of H-pyrrole nitrogens is 1. The van der Waals surface area contributed by atoms with Gasteiger partial charge in [0.2, 0.25) is 0 Å². The van der Waals surface area contributed by atoms with E-state index in [-0.39, 0.29) is 6.61 Å². The molecule has 0 fully saturated rings. The highest BCUT2D eigenvalue weighted by molar-refractivity contribution is 6.10. The molecule has 0 aliphatic heterocycles. The molecule has 0 spiro atoms. The Labute approximate surface area is 157 Å². The van der Waals surface area contributed by atoms with Crippen LogP contribution in [0.25, 0.3) is 21.8 Å². The molecule has 0 bridgehead atoms. The Hall–Kier alpha value is -3.18. The summed E-state index contributed by atoms with van der Waals surface area (Å²) in [4.78, 5) is 3.40. The molecule has 138 valence electrons. The van der Waals surface area contributed by atoms with Crippen molar-refractivity contribution in [2.24, 2.45) is 0 Å². The summed E-state index contributed by atoms with van der Waals surface area (Å²) < 4.78 is 11.3. The molecule has 0 saturated carbocycles. The van der Waals surface area contributed by atoms with E-state index in [0.717, 1.165) is 39.0 Å². The van der Waals surface area contributed by atoms with Crippen molar-refractivity contribution < 1.29 is 14.6 Å². The third-order valence-electron chi connectivity index (χ3n) is 4.56. The minimum absolute atomic E-state index is 0.195. The second-order valence-corrected chi connectivity index (χ2v) is 6.40. The molecule has 1 aromatic heterocycles. The van der Waals surface area contributed by atoms with E-state index in [2.05, 4.69) is 16.4 Å². The van der Waals surface area contributed by atoms with Gasteiger partial charge in [-0.2, -0.15) is 0 Å². The lowest BCUT2D eigenvalue weighted by Gasteiger charge is -2.16. The molecule has 5 heteroatoms. The first-order valence-corrected chi connectivity index (χ1v) is 8.93. The SMILES string of the molecule is COc1ccccc1NCC(O)COc1cccc2[nH]c3ccccc3c12. The fourth-order valence-corrected chi connectivity index (χ4v) is 3.25. The molecule has 0 saturated heterocycles. The van der Waals surface area contributed by atoms with Crippen molar-refractivity contribution in [3.05, 3.63) is 66.7 Å². The minimum atomic E-state index is -0.657. The first-order valence-electron chi connectivity index (χ1n) is 8.93. The van der Waals surface area contributed by atoms with Gasteiger partial charge in [-0.3, -0.25) is 0 Å². The fourth-order valence-electron chi connectivity index (χ4n) is 3.25. The van der Waals surface area contributed by atoms with Crippen LogP contribution in [0.2, 0.25) is 0 Å². The number of fused-ring (bicyclic) bond motifs is 3. The third kappa shape index (κ3) is 3.55. The second-order valence-electron chi connectivity index (χ2n) is 6.40. The lowest BCUT2D eigenvalue weighted by atomic mass is 10.1. The Morgan fingerprint density at radius 1 is 0.926 bits per heavy atom. The smallest absolute Gasteiger partial charge is 0.141 e. The Bertz CT molecular complexity index is 1060. The van der Waals surface area contributed by atoms with Gasteiger partial charge in [-0.1, -0.05) is 36.4 Å². The molecular weight excluding hydrogens is 340 g/mol. The van der Waals surface area contributed by atoms with E-state index in [1.165, 1.54) is 0 Å². The van der Waals surface area contributed by atoms with Crippen molar-refractivity contribution in [2.45, 2.75) is 6.10 Å². The fraction of sp³-hybridized carbons (Fsp3) is 0.182. The van der Waals surface area contributed by atoms with Crippen LogP contribution in [0.5, 0.6) is 11.5 Å². The topological polar surface area (TPSA) is 66.5 Å². The van der Waals surface area contributed by atoms with E-state index in [9.17, 15) is 5.11 Å². The number of methoxy groups -OCH3 is 1. The van der Waals surface area contributed by atoms with E-state index in [1.807, 2.05) is 60.7 Å². The van der Waals surface area contributed by atoms with Crippen LogP contribution in [0.4, 0.5) is 5.69 Å². The van der Waals surface area contributed by atoms with Gasteiger partial charge in [0.1, 0.15) is 24.2 Å². The van der Waals surface area contributed by atoms with Crippen molar-refractivity contribution in [3.8, 4) is 11.5 Å². The monoisotopic (exact) mass is 362 g/mol. The molecule has 5 nitrogen and oxygen atoms in total. The largest absolute Gasteiger partial charge is 0.495 e. The molecule has 0 amide bonds. The lowest BCUT2D eigenvalue weighted by Crippen LogP contribution is -2.26. The molecule has 0 aliphatic carbocycles. The van der Waals surface area contributed by atoms with Crippen LogP contribution >= 0.6 is 0 Å². The zero-order chi connectivity index (χ0) is 18.6. The van der Waals surface area contributed by atoms with Gasteiger partial charge in [0, 0.05) is 22.8 Å². The van der Waals surface area contributed by atoms with E-state index in [4.69, 9.17) is 9.47 Å². The molecule has 1 heterocycles. The highest BCUT2D eigenvalue weighted by atomic mass is 16.5. The molecule has 3 aromatic carbocycles. The van der Waals surface area contributed by atoms with Gasteiger partial charge in [0.25, 0.3) is 0 Å². The maximum absolute atomic E-state index is 10.3. The molecule has 1 atom stereocenters. The normalized spacial score (nSPS) is 12.2. The Balaban J connectivity index is 1.45. The number of ether oxygens (including phenoxy) is 2. The third-order valence-corrected chi connectivity index (χ3v) is 4.56. The molecule has 4 aromatic rings. The van der Waals surface area contributed by atoms with Crippen LogP contribution in [0.15, 0.2) is 66.7 Å². The van der Waals surface area contributed by atoms with Crippen molar-refractivity contribution in [3.63, 3.8) is 0 Å². The van der Waals surface area contributed by atoms with E-state index < -0.39 is 6.10 Å². The zero-order valence-electron chi connectivity index (χ0n) is 15.1. The molecular formula is C22H22N2O3. The van der Waals surface area contributed by atoms with Crippen molar-refractivity contribution in [2.75, 3.05) is 25.6 Å². The molecule has 3 N–H and O–H groups in total. The molecule has 0 radical (unpaired) electrons. The van der Waals surface area contributed by atoms with Crippen LogP contribution in [0.3, 0.4) is 0 Å². The first kappa shape index (κ1) is 17.2. The predicted octanol–water partition coefficient (Wildman–Crippen LogP) is 4.18. The number of aromatic nitrogens is 1.